The highest BCUT2D eigenvalue weighted by Crippen LogP contribution is 2.18. The molecule has 2 heteroatoms. The van der Waals surface area contributed by atoms with Gasteiger partial charge in [-0.05, 0) is 12.3 Å². The molecule has 0 aromatic rings. The third-order valence-corrected chi connectivity index (χ3v) is 4.64. The number of unbranched alkanes of at least 4 members (excludes halogenated alkanes) is 11. The molecule has 1 N–H and O–H groups in total. The van der Waals surface area contributed by atoms with Crippen LogP contribution >= 0.6 is 0 Å². The fourth-order valence-electron chi connectivity index (χ4n) is 3.07. The second kappa shape index (κ2) is 16.8. The first-order valence-electron chi connectivity index (χ1n) is 9.88. The molecule has 2 nitrogen and oxygen atoms in total. The van der Waals surface area contributed by atoms with Gasteiger partial charge in [-0.25, -0.2) is 0 Å². The van der Waals surface area contributed by atoms with Gasteiger partial charge in [0.2, 0.25) is 0 Å². The van der Waals surface area contributed by atoms with Crippen molar-refractivity contribution in [3.05, 3.63) is 0 Å². The van der Waals surface area contributed by atoms with E-state index in [0.29, 0.717) is 6.42 Å². The molecular formula is C20H40O2. The number of aliphatic carboxylic acids is 1. The topological polar surface area (TPSA) is 37.3 Å². The van der Waals surface area contributed by atoms with E-state index in [9.17, 15) is 4.79 Å². The molecule has 0 spiro atoms. The monoisotopic (exact) mass is 312 g/mol. The van der Waals surface area contributed by atoms with Crippen LogP contribution in [0.1, 0.15) is 117 Å². The molecule has 22 heavy (non-hydrogen) atoms. The highest BCUT2D eigenvalue weighted by molar-refractivity contribution is 5.66. The minimum atomic E-state index is -0.654. The van der Waals surface area contributed by atoms with Crippen molar-refractivity contribution in [3.8, 4) is 0 Å². The first-order chi connectivity index (χ1) is 10.7. The summed E-state index contributed by atoms with van der Waals surface area (Å²) in [5, 5.41) is 8.56. The zero-order valence-corrected chi connectivity index (χ0v) is 15.2. The van der Waals surface area contributed by atoms with Crippen LogP contribution in [0.4, 0.5) is 0 Å². The van der Waals surface area contributed by atoms with E-state index in [1.807, 2.05) is 0 Å². The lowest BCUT2D eigenvalue weighted by molar-refractivity contribution is -0.137. The van der Waals surface area contributed by atoms with E-state index in [1.165, 1.54) is 83.5 Å². The predicted octanol–water partition coefficient (Wildman–Crippen LogP) is 6.97. The van der Waals surface area contributed by atoms with Crippen LogP contribution in [0.5, 0.6) is 0 Å². The summed E-state index contributed by atoms with van der Waals surface area (Å²) in [6.45, 7) is 4.67. The van der Waals surface area contributed by atoms with Gasteiger partial charge in [0.1, 0.15) is 0 Å². The minimum Gasteiger partial charge on any atom is -0.481 e. The lowest BCUT2D eigenvalue weighted by Crippen LogP contribution is -1.96. The van der Waals surface area contributed by atoms with Crippen molar-refractivity contribution in [1.29, 1.82) is 0 Å². The number of rotatable bonds is 17. The van der Waals surface area contributed by atoms with E-state index >= 15 is 0 Å². The number of carboxylic acid groups (broad SMARTS) is 1. The molecule has 1 atom stereocenters. The molecule has 0 aliphatic carbocycles. The van der Waals surface area contributed by atoms with Crippen molar-refractivity contribution in [3.63, 3.8) is 0 Å². The van der Waals surface area contributed by atoms with Gasteiger partial charge >= 0.3 is 5.97 Å². The fourth-order valence-corrected chi connectivity index (χ4v) is 3.07. The molecule has 132 valence electrons. The van der Waals surface area contributed by atoms with Gasteiger partial charge in [0.25, 0.3) is 0 Å². The first-order valence-corrected chi connectivity index (χ1v) is 9.88. The Balaban J connectivity index is 3.16. The fraction of sp³-hybridized carbons (Fsp3) is 0.950. The van der Waals surface area contributed by atoms with Crippen molar-refractivity contribution in [1.82, 2.24) is 0 Å². The summed E-state index contributed by atoms with van der Waals surface area (Å²) < 4.78 is 0. The van der Waals surface area contributed by atoms with Gasteiger partial charge in [-0.1, -0.05) is 104 Å². The molecule has 0 heterocycles. The van der Waals surface area contributed by atoms with Crippen LogP contribution in [0.3, 0.4) is 0 Å². The molecular weight excluding hydrogens is 272 g/mol. The maximum atomic E-state index is 10.4. The van der Waals surface area contributed by atoms with Gasteiger partial charge in [-0.2, -0.15) is 0 Å². The second-order valence-electron chi connectivity index (χ2n) is 7.07. The summed E-state index contributed by atoms with van der Waals surface area (Å²) >= 11 is 0. The Hall–Kier alpha value is -0.530. The number of hydrogen-bond acceptors (Lipinski definition) is 1. The standard InChI is InChI=1S/C20H40O2/c1-3-4-5-6-7-8-10-13-16-19(2)17-14-11-9-12-15-18-20(21)22/h19H,3-18H2,1-2H3,(H,21,22). The molecule has 1 unspecified atom stereocenters. The lowest BCUT2D eigenvalue weighted by Gasteiger charge is -2.11. The molecule has 0 aromatic heterocycles. The summed E-state index contributed by atoms with van der Waals surface area (Å²) in [5.74, 6) is 0.220. The van der Waals surface area contributed by atoms with E-state index in [-0.39, 0.29) is 0 Å². The maximum Gasteiger partial charge on any atom is 0.303 e. The third-order valence-electron chi connectivity index (χ3n) is 4.64. The van der Waals surface area contributed by atoms with E-state index in [2.05, 4.69) is 13.8 Å². The Bertz CT molecular complexity index is 238. The van der Waals surface area contributed by atoms with Crippen LogP contribution < -0.4 is 0 Å². The zero-order valence-electron chi connectivity index (χ0n) is 15.2. The van der Waals surface area contributed by atoms with Crippen LogP contribution in [0, 0.1) is 5.92 Å². The Morgan fingerprint density at radius 3 is 1.59 bits per heavy atom. The molecule has 0 aliphatic rings. The summed E-state index contributed by atoms with van der Waals surface area (Å²) in [5.41, 5.74) is 0. The molecule has 0 aromatic carbocycles. The quantitative estimate of drug-likeness (QED) is 0.294. The summed E-state index contributed by atoms with van der Waals surface area (Å²) in [6.07, 6.45) is 20.2. The van der Waals surface area contributed by atoms with Gasteiger partial charge < -0.3 is 5.11 Å². The lowest BCUT2D eigenvalue weighted by atomic mass is 9.96. The summed E-state index contributed by atoms with van der Waals surface area (Å²) in [7, 11) is 0. The Kier molecular flexibility index (Phi) is 16.4. The van der Waals surface area contributed by atoms with Gasteiger partial charge in [0.05, 0.1) is 0 Å². The molecule has 0 saturated heterocycles. The minimum absolute atomic E-state index is 0.342. The van der Waals surface area contributed by atoms with E-state index in [4.69, 9.17) is 5.11 Å². The smallest absolute Gasteiger partial charge is 0.303 e. The van der Waals surface area contributed by atoms with Crippen molar-refractivity contribution in [2.75, 3.05) is 0 Å². The van der Waals surface area contributed by atoms with Crippen molar-refractivity contribution in [2.45, 2.75) is 117 Å². The maximum absolute atomic E-state index is 10.4. The van der Waals surface area contributed by atoms with E-state index < -0.39 is 5.97 Å². The normalized spacial score (nSPS) is 12.5. The third kappa shape index (κ3) is 17.5. The van der Waals surface area contributed by atoms with Gasteiger partial charge in [0, 0.05) is 6.42 Å². The van der Waals surface area contributed by atoms with Crippen molar-refractivity contribution < 1.29 is 9.90 Å². The molecule has 0 amide bonds. The van der Waals surface area contributed by atoms with Crippen LogP contribution in [0.15, 0.2) is 0 Å². The summed E-state index contributed by atoms with van der Waals surface area (Å²) in [6, 6.07) is 0. The molecule has 0 bridgehead atoms. The Morgan fingerprint density at radius 1 is 0.727 bits per heavy atom. The summed E-state index contributed by atoms with van der Waals surface area (Å²) in [4.78, 5) is 10.4. The van der Waals surface area contributed by atoms with E-state index in [1.54, 1.807) is 0 Å². The Labute approximate surface area is 139 Å². The van der Waals surface area contributed by atoms with Crippen LogP contribution in [-0.4, -0.2) is 11.1 Å². The van der Waals surface area contributed by atoms with Crippen molar-refractivity contribution in [2.24, 2.45) is 5.92 Å². The van der Waals surface area contributed by atoms with Crippen LogP contribution in [-0.2, 0) is 4.79 Å². The molecule has 0 radical (unpaired) electrons. The predicted molar refractivity (Wildman–Crippen MR) is 96.3 cm³/mol. The van der Waals surface area contributed by atoms with Gasteiger partial charge in [-0.3, -0.25) is 4.79 Å². The van der Waals surface area contributed by atoms with Crippen LogP contribution in [0.2, 0.25) is 0 Å². The van der Waals surface area contributed by atoms with Gasteiger partial charge in [-0.15, -0.1) is 0 Å². The number of hydrogen-bond donors (Lipinski definition) is 1. The molecule has 0 fully saturated rings. The molecule has 0 rings (SSSR count). The Morgan fingerprint density at radius 2 is 1.14 bits per heavy atom. The first kappa shape index (κ1) is 21.5. The second-order valence-corrected chi connectivity index (χ2v) is 7.07. The number of carbonyl (C=O) groups is 1. The van der Waals surface area contributed by atoms with Crippen molar-refractivity contribution >= 4 is 5.97 Å². The number of carboxylic acids is 1. The average molecular weight is 313 g/mol. The zero-order chi connectivity index (χ0) is 16.5. The SMILES string of the molecule is CCCCCCCCCCC(C)CCCCCCCC(=O)O. The molecule has 0 saturated carbocycles. The average Bonchev–Trinajstić information content (AvgIpc) is 2.48. The van der Waals surface area contributed by atoms with E-state index in [0.717, 1.165) is 18.8 Å². The highest BCUT2D eigenvalue weighted by atomic mass is 16.4. The van der Waals surface area contributed by atoms with Crippen LogP contribution in [0.25, 0.3) is 0 Å². The van der Waals surface area contributed by atoms with Gasteiger partial charge in [0.15, 0.2) is 0 Å². The highest BCUT2D eigenvalue weighted by Gasteiger charge is 2.02. The molecule has 0 aliphatic heterocycles. The largest absolute Gasteiger partial charge is 0.481 e.